The van der Waals surface area contributed by atoms with Gasteiger partial charge in [-0.1, -0.05) is 0 Å². The summed E-state index contributed by atoms with van der Waals surface area (Å²) in [5.74, 6) is 0.341. The second-order valence-electron chi connectivity index (χ2n) is 2.02. The van der Waals surface area contributed by atoms with E-state index in [2.05, 4.69) is 9.97 Å². The molecule has 0 unspecified atom stereocenters. The Balaban J connectivity index is 2.91. The summed E-state index contributed by atoms with van der Waals surface area (Å²) in [5, 5.41) is 0.791. The number of aromatic nitrogens is 2. The van der Waals surface area contributed by atoms with Gasteiger partial charge in [-0.3, -0.25) is 0 Å². The van der Waals surface area contributed by atoms with E-state index < -0.39 is 0 Å². The van der Waals surface area contributed by atoms with Crippen LogP contribution in [0.1, 0.15) is 0 Å². The van der Waals surface area contributed by atoms with Crippen molar-refractivity contribution in [1.82, 2.24) is 9.97 Å². The van der Waals surface area contributed by atoms with Crippen molar-refractivity contribution in [3.05, 3.63) is 17.6 Å². The van der Waals surface area contributed by atoms with Crippen molar-refractivity contribution in [2.45, 2.75) is 0 Å². The van der Waals surface area contributed by atoms with Gasteiger partial charge in [0.1, 0.15) is 5.82 Å². The predicted molar refractivity (Wildman–Crippen MR) is 41.2 cm³/mol. The summed E-state index contributed by atoms with van der Waals surface area (Å²) in [5.41, 5.74) is 5.92. The third-order valence-corrected chi connectivity index (χ3v) is 1.50. The summed E-state index contributed by atoms with van der Waals surface area (Å²) in [6.45, 7) is 0. The molecule has 0 saturated carbocycles. The van der Waals surface area contributed by atoms with E-state index in [9.17, 15) is 0 Å². The van der Waals surface area contributed by atoms with Gasteiger partial charge < -0.3 is 10.2 Å². The Morgan fingerprint density at radius 3 is 3.09 bits per heavy atom. The molecule has 0 atom stereocenters. The maximum absolute atomic E-state index is 5.52. The molecule has 56 valence electrons. The zero-order chi connectivity index (χ0) is 7.84. The van der Waals surface area contributed by atoms with Crippen LogP contribution in [0.5, 0.6) is 0 Å². The quantitative estimate of drug-likeness (QED) is 0.607. The maximum Gasteiger partial charge on any atom is 0.232 e. The van der Waals surface area contributed by atoms with E-state index in [0.717, 1.165) is 0 Å². The molecule has 0 aliphatic heterocycles. The summed E-state index contributed by atoms with van der Waals surface area (Å²) in [4.78, 5) is 7.55. The van der Waals surface area contributed by atoms with Crippen LogP contribution < -0.4 is 5.73 Å². The maximum atomic E-state index is 5.52. The first-order valence-electron chi connectivity index (χ1n) is 2.93. The molecule has 0 fully saturated rings. The van der Waals surface area contributed by atoms with Crippen molar-refractivity contribution in [2.24, 2.45) is 0 Å². The highest BCUT2D eigenvalue weighted by atomic mass is 35.5. The molecule has 0 aliphatic carbocycles. The fraction of sp³-hybridized carbons (Fsp3) is 0. The standard InChI is InChI=1S/C6H4ClN3O/c7-6-9-4(8)3-1-2-11-5(3)10-6/h1-2H,(H2,8,9,10). The van der Waals surface area contributed by atoms with E-state index in [4.69, 9.17) is 21.8 Å². The smallest absolute Gasteiger partial charge is 0.232 e. The highest BCUT2D eigenvalue weighted by molar-refractivity contribution is 6.28. The number of nitrogen functional groups attached to an aromatic ring is 1. The lowest BCUT2D eigenvalue weighted by molar-refractivity contribution is 0.602. The van der Waals surface area contributed by atoms with Gasteiger partial charge in [0.05, 0.1) is 11.6 Å². The van der Waals surface area contributed by atoms with Gasteiger partial charge in [0.2, 0.25) is 11.0 Å². The Bertz CT molecular complexity index is 398. The van der Waals surface area contributed by atoms with Gasteiger partial charge in [-0.25, -0.2) is 4.98 Å². The summed E-state index contributed by atoms with van der Waals surface area (Å²) >= 11 is 5.52. The van der Waals surface area contributed by atoms with Gasteiger partial charge >= 0.3 is 0 Å². The zero-order valence-corrected chi connectivity index (χ0v) is 6.17. The summed E-state index contributed by atoms with van der Waals surface area (Å²) in [7, 11) is 0. The normalized spacial score (nSPS) is 10.6. The minimum atomic E-state index is 0.102. The fourth-order valence-corrected chi connectivity index (χ4v) is 1.02. The Morgan fingerprint density at radius 2 is 2.27 bits per heavy atom. The number of halogens is 1. The van der Waals surface area contributed by atoms with Gasteiger partial charge in [-0.2, -0.15) is 4.98 Å². The van der Waals surface area contributed by atoms with Gasteiger partial charge in [-0.15, -0.1) is 0 Å². The third kappa shape index (κ3) is 0.914. The molecular weight excluding hydrogens is 166 g/mol. The third-order valence-electron chi connectivity index (χ3n) is 1.33. The molecule has 4 nitrogen and oxygen atoms in total. The molecule has 0 aliphatic rings. The first-order valence-corrected chi connectivity index (χ1v) is 3.31. The van der Waals surface area contributed by atoms with E-state index in [-0.39, 0.29) is 5.28 Å². The number of fused-ring (bicyclic) bond motifs is 1. The average Bonchev–Trinajstić information content (AvgIpc) is 2.34. The molecule has 5 heteroatoms. The van der Waals surface area contributed by atoms with Crippen molar-refractivity contribution in [3.63, 3.8) is 0 Å². The molecule has 2 N–H and O–H groups in total. The minimum absolute atomic E-state index is 0.102. The fourth-order valence-electron chi connectivity index (χ4n) is 0.851. The number of rotatable bonds is 0. The van der Waals surface area contributed by atoms with Crippen LogP contribution in [0.4, 0.5) is 5.82 Å². The summed E-state index contributed by atoms with van der Waals surface area (Å²) < 4.78 is 4.96. The van der Waals surface area contributed by atoms with Crippen LogP contribution >= 0.6 is 11.6 Å². The molecule has 2 rings (SSSR count). The number of hydrogen-bond acceptors (Lipinski definition) is 4. The van der Waals surface area contributed by atoms with E-state index in [1.54, 1.807) is 6.07 Å². The number of hydrogen-bond donors (Lipinski definition) is 1. The zero-order valence-electron chi connectivity index (χ0n) is 5.41. The van der Waals surface area contributed by atoms with Gasteiger partial charge in [-0.05, 0) is 17.7 Å². The number of anilines is 1. The van der Waals surface area contributed by atoms with E-state index in [0.29, 0.717) is 16.9 Å². The molecule has 0 radical (unpaired) electrons. The van der Waals surface area contributed by atoms with Crippen molar-refractivity contribution in [3.8, 4) is 0 Å². The van der Waals surface area contributed by atoms with Crippen LogP contribution in [0, 0.1) is 0 Å². The van der Waals surface area contributed by atoms with Crippen molar-refractivity contribution < 1.29 is 4.42 Å². The lowest BCUT2D eigenvalue weighted by Crippen LogP contribution is -1.92. The highest BCUT2D eigenvalue weighted by Crippen LogP contribution is 2.19. The monoisotopic (exact) mass is 169 g/mol. The number of nitrogens with zero attached hydrogens (tertiary/aromatic N) is 2. The second kappa shape index (κ2) is 2.10. The molecule has 2 aromatic heterocycles. The van der Waals surface area contributed by atoms with Crippen LogP contribution in [0.15, 0.2) is 16.7 Å². The Hall–Kier alpha value is -1.29. The topological polar surface area (TPSA) is 64.9 Å². The van der Waals surface area contributed by atoms with E-state index in [1.807, 2.05) is 0 Å². The van der Waals surface area contributed by atoms with Gasteiger partial charge in [0.25, 0.3) is 0 Å². The Morgan fingerprint density at radius 1 is 1.45 bits per heavy atom. The summed E-state index contributed by atoms with van der Waals surface area (Å²) in [6, 6.07) is 1.70. The van der Waals surface area contributed by atoms with Gasteiger partial charge in [0.15, 0.2) is 0 Å². The molecule has 11 heavy (non-hydrogen) atoms. The van der Waals surface area contributed by atoms with Crippen molar-refractivity contribution in [1.29, 1.82) is 0 Å². The SMILES string of the molecule is Nc1nc(Cl)nc2occc12. The number of furan rings is 1. The van der Waals surface area contributed by atoms with Gasteiger partial charge in [0, 0.05) is 0 Å². The molecule has 0 aromatic carbocycles. The van der Waals surface area contributed by atoms with Crippen LogP contribution in [0.25, 0.3) is 11.1 Å². The minimum Gasteiger partial charge on any atom is -0.446 e. The molecular formula is C6H4ClN3O. The molecule has 0 saturated heterocycles. The van der Waals surface area contributed by atoms with Crippen LogP contribution in [-0.2, 0) is 0 Å². The molecule has 0 spiro atoms. The highest BCUT2D eigenvalue weighted by Gasteiger charge is 2.04. The molecule has 0 bridgehead atoms. The molecule has 2 heterocycles. The lowest BCUT2D eigenvalue weighted by atomic mass is 10.4. The second-order valence-corrected chi connectivity index (χ2v) is 2.36. The largest absolute Gasteiger partial charge is 0.446 e. The number of nitrogens with two attached hydrogens (primary N) is 1. The average molecular weight is 170 g/mol. The Labute approximate surface area is 67.0 Å². The molecule has 2 aromatic rings. The molecule has 0 amide bonds. The predicted octanol–water partition coefficient (Wildman–Crippen LogP) is 1.46. The van der Waals surface area contributed by atoms with E-state index in [1.165, 1.54) is 6.26 Å². The van der Waals surface area contributed by atoms with Crippen LogP contribution in [-0.4, -0.2) is 9.97 Å². The van der Waals surface area contributed by atoms with E-state index >= 15 is 0 Å². The first-order chi connectivity index (χ1) is 5.27. The van der Waals surface area contributed by atoms with Crippen molar-refractivity contribution in [2.75, 3.05) is 5.73 Å². The Kier molecular flexibility index (Phi) is 1.22. The van der Waals surface area contributed by atoms with Crippen LogP contribution in [0.2, 0.25) is 5.28 Å². The van der Waals surface area contributed by atoms with Crippen LogP contribution in [0.3, 0.4) is 0 Å². The summed E-state index contributed by atoms with van der Waals surface area (Å²) in [6.07, 6.45) is 1.49. The van der Waals surface area contributed by atoms with Crippen molar-refractivity contribution >= 4 is 28.5 Å². The lowest BCUT2D eigenvalue weighted by Gasteiger charge is -1.92. The first kappa shape index (κ1) is 6.42.